The van der Waals surface area contributed by atoms with Gasteiger partial charge in [0, 0.05) is 0 Å². The van der Waals surface area contributed by atoms with E-state index in [1.807, 2.05) is 43.3 Å². The van der Waals surface area contributed by atoms with Crippen LogP contribution in [0.3, 0.4) is 0 Å². The van der Waals surface area contributed by atoms with E-state index >= 15 is 0 Å². The van der Waals surface area contributed by atoms with E-state index in [1.165, 1.54) is 0 Å². The Bertz CT molecular complexity index is 306. The summed E-state index contributed by atoms with van der Waals surface area (Å²) < 4.78 is 28.6. The van der Waals surface area contributed by atoms with Gasteiger partial charge >= 0.3 is 0 Å². The Hall–Kier alpha value is -0.870. The molecule has 3 nitrogen and oxygen atoms in total. The van der Waals surface area contributed by atoms with Crippen molar-refractivity contribution in [1.29, 1.82) is 0 Å². The Balaban J connectivity index is 0.000000315. The molecule has 1 aromatic carbocycles. The fourth-order valence-corrected chi connectivity index (χ4v) is 1.67. The minimum atomic E-state index is -3.70. The third-order valence-electron chi connectivity index (χ3n) is 1.92. The summed E-state index contributed by atoms with van der Waals surface area (Å²) in [7, 11) is -3.70. The minimum absolute atomic E-state index is 0.0903. The molecule has 0 aliphatic carbocycles. The molecule has 0 bridgehead atoms. The van der Waals surface area contributed by atoms with Crippen LogP contribution in [0.4, 0.5) is 0 Å². The van der Waals surface area contributed by atoms with E-state index in [9.17, 15) is 8.42 Å². The predicted octanol–water partition coefficient (Wildman–Crippen LogP) is 3.14. The summed E-state index contributed by atoms with van der Waals surface area (Å²) in [5.41, 5.74) is 0. The van der Waals surface area contributed by atoms with Crippen molar-refractivity contribution < 1.29 is 13.0 Å². The van der Waals surface area contributed by atoms with Gasteiger partial charge in [-0.05, 0) is 6.42 Å². The molecular weight excluding hydrogens is 224 g/mol. The SMILES string of the molecule is CCCCCCS(=O)(=O)O.c1ccccc1. The normalized spacial score (nSPS) is 10.4. The van der Waals surface area contributed by atoms with Crippen LogP contribution in [0.15, 0.2) is 36.4 Å². The van der Waals surface area contributed by atoms with E-state index < -0.39 is 10.1 Å². The van der Waals surface area contributed by atoms with Crippen molar-refractivity contribution in [2.75, 3.05) is 5.75 Å². The van der Waals surface area contributed by atoms with E-state index in [0.29, 0.717) is 6.42 Å². The Morgan fingerprint density at radius 1 is 0.875 bits per heavy atom. The number of hydrogen-bond donors (Lipinski definition) is 1. The van der Waals surface area contributed by atoms with Gasteiger partial charge in [0.2, 0.25) is 0 Å². The van der Waals surface area contributed by atoms with Crippen LogP contribution < -0.4 is 0 Å². The molecule has 0 unspecified atom stereocenters. The molecule has 0 aliphatic rings. The van der Waals surface area contributed by atoms with Crippen molar-refractivity contribution in [3.8, 4) is 0 Å². The second kappa shape index (κ2) is 9.36. The zero-order chi connectivity index (χ0) is 12.3. The smallest absolute Gasteiger partial charge is 0.264 e. The standard InChI is InChI=1S/C6H14O3S.C6H6/c1-2-3-4-5-6-10(7,8)9;1-2-4-6-5-3-1/h2-6H2,1H3,(H,7,8,9);1-6H. The molecule has 0 atom stereocenters. The number of rotatable bonds is 5. The first-order valence-corrected chi connectivity index (χ1v) is 7.12. The molecule has 0 aromatic heterocycles. The van der Waals surface area contributed by atoms with Crippen LogP contribution in [0.2, 0.25) is 0 Å². The summed E-state index contributed by atoms with van der Waals surface area (Å²) in [4.78, 5) is 0. The lowest BCUT2D eigenvalue weighted by Crippen LogP contribution is -2.03. The molecule has 92 valence electrons. The summed E-state index contributed by atoms with van der Waals surface area (Å²) in [6.45, 7) is 2.05. The van der Waals surface area contributed by atoms with Gasteiger partial charge in [-0.1, -0.05) is 62.6 Å². The molecule has 0 heterocycles. The van der Waals surface area contributed by atoms with Gasteiger partial charge in [0.05, 0.1) is 5.75 Å². The van der Waals surface area contributed by atoms with Crippen LogP contribution in [0, 0.1) is 0 Å². The second-order valence-corrected chi connectivity index (χ2v) is 5.07. The molecule has 0 radical (unpaired) electrons. The molecule has 0 fully saturated rings. The van der Waals surface area contributed by atoms with Crippen LogP contribution in [-0.4, -0.2) is 18.7 Å². The average Bonchev–Trinajstić information content (AvgIpc) is 2.27. The van der Waals surface area contributed by atoms with E-state index in [4.69, 9.17) is 4.55 Å². The summed E-state index contributed by atoms with van der Waals surface area (Å²) in [5.74, 6) is -0.0903. The molecular formula is C12H20O3S. The lowest BCUT2D eigenvalue weighted by molar-refractivity contribution is 0.479. The molecule has 1 rings (SSSR count). The van der Waals surface area contributed by atoms with Crippen LogP contribution in [-0.2, 0) is 10.1 Å². The Morgan fingerprint density at radius 3 is 1.62 bits per heavy atom. The third kappa shape index (κ3) is 13.1. The summed E-state index contributed by atoms with van der Waals surface area (Å²) >= 11 is 0. The third-order valence-corrected chi connectivity index (χ3v) is 2.73. The van der Waals surface area contributed by atoms with E-state index in [-0.39, 0.29) is 5.75 Å². The second-order valence-electron chi connectivity index (χ2n) is 3.50. The lowest BCUT2D eigenvalue weighted by atomic mass is 10.2. The number of benzene rings is 1. The van der Waals surface area contributed by atoms with Crippen LogP contribution >= 0.6 is 0 Å². The Morgan fingerprint density at radius 2 is 1.31 bits per heavy atom. The molecule has 1 aromatic rings. The van der Waals surface area contributed by atoms with Crippen molar-refractivity contribution in [2.45, 2.75) is 32.6 Å². The Labute approximate surface area is 98.3 Å². The maximum absolute atomic E-state index is 10.1. The molecule has 0 amide bonds. The van der Waals surface area contributed by atoms with E-state index in [1.54, 1.807) is 0 Å². The van der Waals surface area contributed by atoms with Gasteiger partial charge in [0.25, 0.3) is 10.1 Å². The summed E-state index contributed by atoms with van der Waals surface area (Å²) in [6, 6.07) is 12.0. The highest BCUT2D eigenvalue weighted by Crippen LogP contribution is 2.00. The van der Waals surface area contributed by atoms with Gasteiger partial charge < -0.3 is 0 Å². The molecule has 0 saturated carbocycles. The van der Waals surface area contributed by atoms with Gasteiger partial charge in [-0.2, -0.15) is 8.42 Å². The van der Waals surface area contributed by atoms with Crippen molar-refractivity contribution in [3.63, 3.8) is 0 Å². The van der Waals surface area contributed by atoms with Crippen molar-refractivity contribution in [1.82, 2.24) is 0 Å². The largest absolute Gasteiger partial charge is 0.286 e. The first kappa shape index (κ1) is 15.1. The van der Waals surface area contributed by atoms with Gasteiger partial charge in [-0.25, -0.2) is 0 Å². The fourth-order valence-electron chi connectivity index (χ4n) is 1.10. The average molecular weight is 244 g/mol. The highest BCUT2D eigenvalue weighted by atomic mass is 32.2. The Kier molecular flexibility index (Phi) is 8.85. The van der Waals surface area contributed by atoms with Crippen LogP contribution in [0.1, 0.15) is 32.6 Å². The van der Waals surface area contributed by atoms with Crippen molar-refractivity contribution in [3.05, 3.63) is 36.4 Å². The zero-order valence-corrected chi connectivity index (χ0v) is 10.5. The quantitative estimate of drug-likeness (QED) is 0.639. The summed E-state index contributed by atoms with van der Waals surface area (Å²) in [5, 5.41) is 0. The molecule has 1 N–H and O–H groups in total. The topological polar surface area (TPSA) is 54.4 Å². The highest BCUT2D eigenvalue weighted by Gasteiger charge is 2.01. The summed E-state index contributed by atoms with van der Waals surface area (Å²) in [6.07, 6.45) is 3.57. The fraction of sp³-hybridized carbons (Fsp3) is 0.500. The molecule has 0 aliphatic heterocycles. The van der Waals surface area contributed by atoms with Crippen LogP contribution in [0.5, 0.6) is 0 Å². The van der Waals surface area contributed by atoms with Gasteiger partial charge in [-0.15, -0.1) is 0 Å². The monoisotopic (exact) mass is 244 g/mol. The molecule has 0 saturated heterocycles. The van der Waals surface area contributed by atoms with E-state index in [2.05, 4.69) is 0 Å². The van der Waals surface area contributed by atoms with E-state index in [0.717, 1.165) is 19.3 Å². The van der Waals surface area contributed by atoms with Crippen LogP contribution in [0.25, 0.3) is 0 Å². The lowest BCUT2D eigenvalue weighted by Gasteiger charge is -1.95. The first-order valence-electron chi connectivity index (χ1n) is 5.51. The molecule has 16 heavy (non-hydrogen) atoms. The number of hydrogen-bond acceptors (Lipinski definition) is 2. The molecule has 4 heteroatoms. The minimum Gasteiger partial charge on any atom is -0.286 e. The zero-order valence-electron chi connectivity index (χ0n) is 9.67. The highest BCUT2D eigenvalue weighted by molar-refractivity contribution is 7.85. The molecule has 0 spiro atoms. The predicted molar refractivity (Wildman–Crippen MR) is 67.0 cm³/mol. The van der Waals surface area contributed by atoms with Crippen molar-refractivity contribution in [2.24, 2.45) is 0 Å². The van der Waals surface area contributed by atoms with Gasteiger partial charge in [0.1, 0.15) is 0 Å². The maximum Gasteiger partial charge on any atom is 0.264 e. The number of unbranched alkanes of at least 4 members (excludes halogenated alkanes) is 3. The van der Waals surface area contributed by atoms with Crippen molar-refractivity contribution >= 4 is 10.1 Å². The van der Waals surface area contributed by atoms with Gasteiger partial charge in [0.15, 0.2) is 0 Å². The van der Waals surface area contributed by atoms with Gasteiger partial charge in [-0.3, -0.25) is 4.55 Å². The first-order chi connectivity index (χ1) is 7.56. The maximum atomic E-state index is 10.1.